The molecule has 0 bridgehead atoms. The summed E-state index contributed by atoms with van der Waals surface area (Å²) in [5, 5.41) is 8.65. The normalized spacial score (nSPS) is 19.1. The fourth-order valence-corrected chi connectivity index (χ4v) is 4.33. The molecule has 1 aromatic rings. The van der Waals surface area contributed by atoms with Crippen LogP contribution in [0.2, 0.25) is 0 Å². The monoisotopic (exact) mass is 317 g/mol. The van der Waals surface area contributed by atoms with Gasteiger partial charge < -0.3 is 9.84 Å². The summed E-state index contributed by atoms with van der Waals surface area (Å²) in [5.74, 6) is 3.12. The summed E-state index contributed by atoms with van der Waals surface area (Å²) in [7, 11) is -3.45. The van der Waals surface area contributed by atoms with Crippen LogP contribution in [0.5, 0.6) is 5.75 Å². The smallest absolute Gasteiger partial charge is 0.240 e. The third-order valence-corrected chi connectivity index (χ3v) is 5.75. The molecule has 2 rings (SSSR count). The highest BCUT2D eigenvalue weighted by Crippen LogP contribution is 2.23. The topological polar surface area (TPSA) is 75.6 Å². The third kappa shape index (κ3) is 4.37. The fraction of sp³-hybridized carbons (Fsp3) is 0.538. The zero-order valence-corrected chi connectivity index (χ0v) is 12.8. The minimum Gasteiger partial charge on any atom is -0.491 e. The van der Waals surface area contributed by atoms with Gasteiger partial charge in [-0.15, -0.1) is 0 Å². The minimum absolute atomic E-state index is 0.0684. The first-order valence-electron chi connectivity index (χ1n) is 6.53. The van der Waals surface area contributed by atoms with Crippen molar-refractivity contribution in [2.45, 2.75) is 11.3 Å². The van der Waals surface area contributed by atoms with Gasteiger partial charge in [-0.3, -0.25) is 0 Å². The number of rotatable bonds is 7. The van der Waals surface area contributed by atoms with Crippen molar-refractivity contribution in [3.05, 3.63) is 24.3 Å². The highest BCUT2D eigenvalue weighted by atomic mass is 32.2. The Balaban J connectivity index is 1.94. The van der Waals surface area contributed by atoms with Crippen LogP contribution in [0.25, 0.3) is 0 Å². The summed E-state index contributed by atoms with van der Waals surface area (Å²) >= 11 is 1.87. The molecule has 0 saturated carbocycles. The van der Waals surface area contributed by atoms with E-state index in [9.17, 15) is 8.42 Å². The van der Waals surface area contributed by atoms with Gasteiger partial charge in [-0.2, -0.15) is 11.8 Å². The second kappa shape index (κ2) is 7.31. The van der Waals surface area contributed by atoms with Crippen LogP contribution in [0.15, 0.2) is 29.2 Å². The van der Waals surface area contributed by atoms with Gasteiger partial charge in [0.25, 0.3) is 0 Å². The van der Waals surface area contributed by atoms with Gasteiger partial charge in [-0.05, 0) is 48.1 Å². The Morgan fingerprint density at radius 3 is 2.70 bits per heavy atom. The lowest BCUT2D eigenvalue weighted by Crippen LogP contribution is -2.29. The predicted molar refractivity (Wildman–Crippen MR) is 79.6 cm³/mol. The summed E-state index contributed by atoms with van der Waals surface area (Å²) < 4.78 is 32.1. The van der Waals surface area contributed by atoms with Crippen LogP contribution in [-0.4, -0.2) is 44.8 Å². The second-order valence-electron chi connectivity index (χ2n) is 4.62. The molecule has 1 saturated heterocycles. The van der Waals surface area contributed by atoms with Gasteiger partial charge in [0.05, 0.1) is 11.5 Å². The van der Waals surface area contributed by atoms with Crippen LogP contribution in [0, 0.1) is 5.92 Å². The number of thioether (sulfide) groups is 1. The Hall–Kier alpha value is -0.760. The predicted octanol–water partition coefficient (Wildman–Crippen LogP) is 1.09. The lowest BCUT2D eigenvalue weighted by molar-refractivity contribution is 0.201. The molecule has 0 amide bonds. The van der Waals surface area contributed by atoms with Crippen molar-refractivity contribution < 1.29 is 18.3 Å². The zero-order valence-electron chi connectivity index (χ0n) is 11.1. The van der Waals surface area contributed by atoms with Crippen molar-refractivity contribution in [1.29, 1.82) is 0 Å². The SMILES string of the molecule is O=S(=O)(NCC1CCSC1)c1ccc(OCCO)cc1. The lowest BCUT2D eigenvalue weighted by Gasteiger charge is -2.11. The van der Waals surface area contributed by atoms with Crippen LogP contribution in [-0.2, 0) is 10.0 Å². The van der Waals surface area contributed by atoms with Crippen molar-refractivity contribution in [3.8, 4) is 5.75 Å². The van der Waals surface area contributed by atoms with Crippen LogP contribution < -0.4 is 9.46 Å². The summed E-state index contributed by atoms with van der Waals surface area (Å²) in [6.07, 6.45) is 1.07. The Kier molecular flexibility index (Phi) is 5.71. The van der Waals surface area contributed by atoms with Crippen LogP contribution >= 0.6 is 11.8 Å². The van der Waals surface area contributed by atoms with E-state index in [-0.39, 0.29) is 18.1 Å². The number of ether oxygens (including phenoxy) is 1. The molecular weight excluding hydrogens is 298 g/mol. The van der Waals surface area contributed by atoms with Crippen molar-refractivity contribution in [2.24, 2.45) is 5.92 Å². The van der Waals surface area contributed by atoms with Gasteiger partial charge in [-0.25, -0.2) is 13.1 Å². The number of benzene rings is 1. The quantitative estimate of drug-likeness (QED) is 0.787. The molecule has 112 valence electrons. The molecule has 0 spiro atoms. The molecular formula is C13H19NO4S2. The average Bonchev–Trinajstić information content (AvgIpc) is 2.97. The molecule has 1 unspecified atom stereocenters. The largest absolute Gasteiger partial charge is 0.491 e. The Morgan fingerprint density at radius 2 is 2.10 bits per heavy atom. The maximum atomic E-state index is 12.1. The molecule has 5 nitrogen and oxygen atoms in total. The highest BCUT2D eigenvalue weighted by molar-refractivity contribution is 7.99. The van der Waals surface area contributed by atoms with Gasteiger partial charge >= 0.3 is 0 Å². The highest BCUT2D eigenvalue weighted by Gasteiger charge is 2.19. The maximum absolute atomic E-state index is 12.1. The van der Waals surface area contributed by atoms with Crippen molar-refractivity contribution >= 4 is 21.8 Å². The zero-order chi connectivity index (χ0) is 14.4. The maximum Gasteiger partial charge on any atom is 0.240 e. The number of aliphatic hydroxyl groups is 1. The first kappa shape index (κ1) is 15.6. The molecule has 0 aromatic heterocycles. The average molecular weight is 317 g/mol. The molecule has 0 radical (unpaired) electrons. The molecule has 1 aromatic carbocycles. The fourth-order valence-electron chi connectivity index (χ4n) is 1.93. The number of sulfonamides is 1. The van der Waals surface area contributed by atoms with Crippen LogP contribution in [0.1, 0.15) is 6.42 Å². The van der Waals surface area contributed by atoms with Gasteiger partial charge in [0, 0.05) is 6.54 Å². The summed E-state index contributed by atoms with van der Waals surface area (Å²) in [6, 6.07) is 6.21. The molecule has 20 heavy (non-hydrogen) atoms. The number of hydrogen-bond donors (Lipinski definition) is 2. The Morgan fingerprint density at radius 1 is 1.35 bits per heavy atom. The standard InChI is InChI=1S/C13H19NO4S2/c15-6-7-18-12-1-3-13(4-2-12)20(16,17)14-9-11-5-8-19-10-11/h1-4,11,14-15H,5-10H2. The molecule has 0 aliphatic carbocycles. The van der Waals surface area contributed by atoms with E-state index in [0.717, 1.165) is 17.9 Å². The van der Waals surface area contributed by atoms with Crippen LogP contribution in [0.4, 0.5) is 0 Å². The minimum atomic E-state index is -3.45. The van der Waals surface area contributed by atoms with Gasteiger partial charge in [0.2, 0.25) is 10.0 Å². The second-order valence-corrected chi connectivity index (χ2v) is 7.54. The van der Waals surface area contributed by atoms with Gasteiger partial charge in [0.1, 0.15) is 12.4 Å². The summed E-state index contributed by atoms with van der Waals surface area (Å²) in [4.78, 5) is 0.236. The lowest BCUT2D eigenvalue weighted by atomic mass is 10.1. The third-order valence-electron chi connectivity index (χ3n) is 3.08. The van der Waals surface area contributed by atoms with E-state index in [1.807, 2.05) is 11.8 Å². The molecule has 1 aliphatic heterocycles. The molecule has 1 atom stereocenters. The molecule has 1 aliphatic rings. The van der Waals surface area contributed by atoms with Crippen molar-refractivity contribution in [3.63, 3.8) is 0 Å². The van der Waals surface area contributed by atoms with E-state index in [0.29, 0.717) is 18.2 Å². The van der Waals surface area contributed by atoms with Gasteiger partial charge in [0.15, 0.2) is 0 Å². The van der Waals surface area contributed by atoms with E-state index in [2.05, 4.69) is 4.72 Å². The number of aliphatic hydroxyl groups excluding tert-OH is 1. The number of hydrogen-bond acceptors (Lipinski definition) is 5. The Bertz CT molecular complexity index is 510. The van der Waals surface area contributed by atoms with Crippen molar-refractivity contribution in [1.82, 2.24) is 4.72 Å². The molecule has 7 heteroatoms. The summed E-state index contributed by atoms with van der Waals surface area (Å²) in [5.41, 5.74) is 0. The van der Waals surface area contributed by atoms with Gasteiger partial charge in [-0.1, -0.05) is 0 Å². The Labute approximate surface area is 123 Å². The number of nitrogens with one attached hydrogen (secondary N) is 1. The van der Waals surface area contributed by atoms with E-state index in [4.69, 9.17) is 9.84 Å². The van der Waals surface area contributed by atoms with Crippen molar-refractivity contribution in [2.75, 3.05) is 31.3 Å². The van der Waals surface area contributed by atoms with E-state index >= 15 is 0 Å². The van der Waals surface area contributed by atoms with Crippen LogP contribution in [0.3, 0.4) is 0 Å². The summed E-state index contributed by atoms with van der Waals surface area (Å²) in [6.45, 7) is 0.628. The first-order valence-corrected chi connectivity index (χ1v) is 9.17. The van der Waals surface area contributed by atoms with E-state index in [1.165, 1.54) is 12.1 Å². The molecule has 1 heterocycles. The molecule has 2 N–H and O–H groups in total. The van der Waals surface area contributed by atoms with E-state index < -0.39 is 10.0 Å². The molecule has 1 fully saturated rings. The van der Waals surface area contributed by atoms with E-state index in [1.54, 1.807) is 12.1 Å². The first-order chi connectivity index (χ1) is 9.62.